The number of halogens is 1. The summed E-state index contributed by atoms with van der Waals surface area (Å²) in [7, 11) is -3.16. The van der Waals surface area contributed by atoms with Crippen LogP contribution in [-0.4, -0.2) is 35.0 Å². The molecule has 1 aromatic heterocycles. The molecule has 1 aromatic carbocycles. The summed E-state index contributed by atoms with van der Waals surface area (Å²) in [6, 6.07) is 3.88. The maximum Gasteiger partial charge on any atom is 0.313 e. The molecule has 0 bridgehead atoms. The molecule has 0 spiro atoms. The van der Waals surface area contributed by atoms with Crippen LogP contribution in [0.15, 0.2) is 29.4 Å². The summed E-state index contributed by atoms with van der Waals surface area (Å²) in [6.07, 6.45) is -0.106. The van der Waals surface area contributed by atoms with Gasteiger partial charge in [-0.3, -0.25) is 4.55 Å². The fourth-order valence-corrected chi connectivity index (χ4v) is 2.07. The van der Waals surface area contributed by atoms with Crippen molar-refractivity contribution >= 4 is 21.8 Å². The van der Waals surface area contributed by atoms with Gasteiger partial charge >= 0.3 is 6.08 Å². The van der Waals surface area contributed by atoms with Crippen LogP contribution in [0.2, 0.25) is 0 Å². The van der Waals surface area contributed by atoms with E-state index in [4.69, 9.17) is 4.74 Å². The summed E-state index contributed by atoms with van der Waals surface area (Å²) in [6.45, 7) is 0. The Bertz CT molecular complexity index is 738. The highest BCUT2D eigenvalue weighted by molar-refractivity contribution is 7.86. The van der Waals surface area contributed by atoms with Gasteiger partial charge in [-0.15, -0.1) is 0 Å². The van der Waals surface area contributed by atoms with Crippen molar-refractivity contribution in [2.24, 2.45) is 0 Å². The third kappa shape index (κ3) is 3.16. The zero-order chi connectivity index (χ0) is 14.8. The van der Waals surface area contributed by atoms with E-state index in [2.05, 4.69) is 20.3 Å². The van der Waals surface area contributed by atoms with E-state index in [1.807, 2.05) is 0 Å². The minimum absolute atomic E-state index is 0.0288. The Hall–Kier alpha value is -2.33. The molecule has 0 saturated carbocycles. The zero-order valence-corrected chi connectivity index (χ0v) is 10.9. The molecule has 2 aromatic rings. The SMILES string of the molecule is COc1ccc(Nc2ncnc(F)n2)c(S(=O)(=O)O)c1. The molecule has 0 fully saturated rings. The highest BCUT2D eigenvalue weighted by Gasteiger charge is 2.17. The first-order valence-corrected chi connectivity index (χ1v) is 6.61. The number of nitrogens with zero attached hydrogens (tertiary/aromatic N) is 3. The van der Waals surface area contributed by atoms with E-state index >= 15 is 0 Å². The van der Waals surface area contributed by atoms with Crippen molar-refractivity contribution in [3.63, 3.8) is 0 Å². The summed E-state index contributed by atoms with van der Waals surface area (Å²) in [4.78, 5) is 9.66. The summed E-state index contributed by atoms with van der Waals surface area (Å²) in [5.41, 5.74) is -0.0288. The molecule has 0 unspecified atom stereocenters. The second-order valence-corrected chi connectivity index (χ2v) is 4.93. The van der Waals surface area contributed by atoms with Gasteiger partial charge in [0.1, 0.15) is 17.0 Å². The summed E-state index contributed by atoms with van der Waals surface area (Å²) >= 11 is 0. The van der Waals surface area contributed by atoms with Gasteiger partial charge in [-0.05, 0) is 12.1 Å². The van der Waals surface area contributed by atoms with Crippen molar-refractivity contribution < 1.29 is 22.1 Å². The second-order valence-electron chi connectivity index (χ2n) is 3.54. The average Bonchev–Trinajstić information content (AvgIpc) is 2.38. The number of anilines is 2. The van der Waals surface area contributed by atoms with Crippen LogP contribution < -0.4 is 10.1 Å². The molecular formula is C10H9FN4O4S. The third-order valence-corrected chi connectivity index (χ3v) is 3.15. The first-order chi connectivity index (χ1) is 9.40. The smallest absolute Gasteiger partial charge is 0.313 e. The lowest BCUT2D eigenvalue weighted by atomic mass is 10.3. The van der Waals surface area contributed by atoms with E-state index in [-0.39, 0.29) is 17.4 Å². The zero-order valence-electron chi connectivity index (χ0n) is 10.1. The van der Waals surface area contributed by atoms with Gasteiger partial charge in [0, 0.05) is 6.07 Å². The molecule has 0 amide bonds. The highest BCUT2D eigenvalue weighted by Crippen LogP contribution is 2.27. The molecule has 8 nitrogen and oxygen atoms in total. The molecule has 0 aliphatic carbocycles. The van der Waals surface area contributed by atoms with Gasteiger partial charge in [0.25, 0.3) is 10.1 Å². The number of nitrogens with one attached hydrogen (secondary N) is 1. The maximum atomic E-state index is 12.8. The quantitative estimate of drug-likeness (QED) is 0.804. The van der Waals surface area contributed by atoms with Crippen molar-refractivity contribution in [3.05, 3.63) is 30.6 Å². The predicted octanol–water partition coefficient (Wildman–Crippen LogP) is 1.01. The van der Waals surface area contributed by atoms with Crippen molar-refractivity contribution in [2.45, 2.75) is 4.90 Å². The molecule has 106 valence electrons. The van der Waals surface area contributed by atoms with E-state index in [1.54, 1.807) is 0 Å². The first kappa shape index (κ1) is 14.1. The van der Waals surface area contributed by atoms with Crippen LogP contribution in [0.5, 0.6) is 5.75 Å². The first-order valence-electron chi connectivity index (χ1n) is 5.17. The number of hydrogen-bond donors (Lipinski definition) is 2. The number of benzene rings is 1. The van der Waals surface area contributed by atoms with Crippen LogP contribution in [0.25, 0.3) is 0 Å². The van der Waals surface area contributed by atoms with Gasteiger partial charge in [-0.2, -0.15) is 22.8 Å². The second kappa shape index (κ2) is 5.35. The minimum atomic E-state index is -4.50. The van der Waals surface area contributed by atoms with Crippen molar-refractivity contribution in [1.82, 2.24) is 15.0 Å². The van der Waals surface area contributed by atoms with Gasteiger partial charge in [0.05, 0.1) is 12.8 Å². The van der Waals surface area contributed by atoms with E-state index in [0.717, 1.165) is 12.4 Å². The summed E-state index contributed by atoms with van der Waals surface area (Å²) in [5.74, 6) is 0.0255. The van der Waals surface area contributed by atoms with Crippen LogP contribution in [0, 0.1) is 6.08 Å². The molecule has 2 rings (SSSR count). The number of ether oxygens (including phenoxy) is 1. The Labute approximate surface area is 113 Å². The number of rotatable bonds is 4. The van der Waals surface area contributed by atoms with Crippen LogP contribution in [0.3, 0.4) is 0 Å². The number of hydrogen-bond acceptors (Lipinski definition) is 7. The van der Waals surface area contributed by atoms with Crippen LogP contribution in [-0.2, 0) is 10.1 Å². The third-order valence-electron chi connectivity index (χ3n) is 2.26. The van der Waals surface area contributed by atoms with Gasteiger partial charge in [0.15, 0.2) is 0 Å². The standard InChI is InChI=1S/C10H9FN4O4S/c1-19-6-2-3-7(8(4-6)20(16,17)18)14-10-13-5-12-9(11)15-10/h2-5H,1H3,(H,16,17,18)(H,12,13,14,15). The number of aromatic nitrogens is 3. The molecule has 0 radical (unpaired) electrons. The largest absolute Gasteiger partial charge is 0.497 e. The van der Waals surface area contributed by atoms with Gasteiger partial charge in [-0.1, -0.05) is 0 Å². The molecule has 0 aliphatic rings. The lowest BCUT2D eigenvalue weighted by molar-refractivity contribution is 0.412. The van der Waals surface area contributed by atoms with Crippen LogP contribution in [0.4, 0.5) is 16.0 Å². The van der Waals surface area contributed by atoms with Crippen molar-refractivity contribution in [2.75, 3.05) is 12.4 Å². The highest BCUT2D eigenvalue weighted by atomic mass is 32.2. The Morgan fingerprint density at radius 2 is 2.10 bits per heavy atom. The van der Waals surface area contributed by atoms with E-state index in [0.29, 0.717) is 0 Å². The topological polar surface area (TPSA) is 114 Å². The molecule has 0 saturated heterocycles. The normalized spacial score (nSPS) is 11.2. The van der Waals surface area contributed by atoms with E-state index < -0.39 is 21.1 Å². The fraction of sp³-hybridized carbons (Fsp3) is 0.100. The van der Waals surface area contributed by atoms with E-state index in [1.165, 1.54) is 19.2 Å². The molecule has 0 atom stereocenters. The maximum absolute atomic E-state index is 12.8. The predicted molar refractivity (Wildman–Crippen MR) is 65.9 cm³/mol. The Balaban J connectivity index is 2.46. The minimum Gasteiger partial charge on any atom is -0.497 e. The Morgan fingerprint density at radius 1 is 1.35 bits per heavy atom. The van der Waals surface area contributed by atoms with Gasteiger partial charge in [-0.25, -0.2) is 4.98 Å². The van der Waals surface area contributed by atoms with E-state index in [9.17, 15) is 17.4 Å². The monoisotopic (exact) mass is 300 g/mol. The molecule has 10 heteroatoms. The van der Waals surface area contributed by atoms with Crippen molar-refractivity contribution in [1.29, 1.82) is 0 Å². The van der Waals surface area contributed by atoms with Gasteiger partial charge < -0.3 is 10.1 Å². The summed E-state index contributed by atoms with van der Waals surface area (Å²) in [5, 5.41) is 2.47. The Morgan fingerprint density at radius 3 is 2.70 bits per heavy atom. The molecule has 0 aliphatic heterocycles. The van der Waals surface area contributed by atoms with Crippen LogP contribution >= 0.6 is 0 Å². The molecular weight excluding hydrogens is 291 g/mol. The lowest BCUT2D eigenvalue weighted by Gasteiger charge is -2.10. The fourth-order valence-electron chi connectivity index (χ4n) is 1.40. The lowest BCUT2D eigenvalue weighted by Crippen LogP contribution is -2.06. The van der Waals surface area contributed by atoms with Crippen LogP contribution in [0.1, 0.15) is 0 Å². The summed E-state index contributed by atoms with van der Waals surface area (Å²) < 4.78 is 49.5. The van der Waals surface area contributed by atoms with Gasteiger partial charge in [0.2, 0.25) is 5.95 Å². The molecule has 1 heterocycles. The number of methoxy groups -OCH3 is 1. The van der Waals surface area contributed by atoms with Crippen molar-refractivity contribution in [3.8, 4) is 5.75 Å². The molecule has 2 N–H and O–H groups in total. The molecule has 20 heavy (non-hydrogen) atoms. The Kier molecular flexibility index (Phi) is 3.77. The average molecular weight is 300 g/mol.